The third-order valence-corrected chi connectivity index (χ3v) is 5.47. The average Bonchev–Trinajstić information content (AvgIpc) is 2.87. The Bertz CT molecular complexity index is 651. The van der Waals surface area contributed by atoms with E-state index >= 15 is 0 Å². The number of hydrogen-bond donors (Lipinski definition) is 0. The number of aryl methyl sites for hydroxylation is 1. The van der Waals surface area contributed by atoms with Gasteiger partial charge in [0.1, 0.15) is 6.54 Å². The molecule has 1 amide bonds. The summed E-state index contributed by atoms with van der Waals surface area (Å²) in [6.45, 7) is 3.46. The number of alkyl halides is 3. The summed E-state index contributed by atoms with van der Waals surface area (Å²) in [6, 6.07) is -0.361. The number of hydrogen-bond acceptors (Lipinski definition) is 3. The Morgan fingerprint density at radius 1 is 1.23 bits per heavy atom. The first kappa shape index (κ1) is 19.2. The van der Waals surface area contributed by atoms with E-state index in [9.17, 15) is 18.0 Å². The number of ether oxygens (including phenoxy) is 1. The van der Waals surface area contributed by atoms with Crippen LogP contribution in [0, 0.1) is 19.8 Å². The molecule has 2 heterocycles. The molecule has 1 aliphatic heterocycles. The van der Waals surface area contributed by atoms with Crippen molar-refractivity contribution in [2.45, 2.75) is 64.7 Å². The molecule has 0 N–H and O–H groups in total. The zero-order chi connectivity index (χ0) is 18.9. The number of amides is 1. The number of nitrogens with zero attached hydrogens (tertiary/aromatic N) is 3. The summed E-state index contributed by atoms with van der Waals surface area (Å²) in [6.07, 6.45) is 0.752. The molecule has 146 valence electrons. The van der Waals surface area contributed by atoms with Crippen LogP contribution < -0.4 is 0 Å². The van der Waals surface area contributed by atoms with E-state index in [1.807, 2.05) is 4.90 Å². The van der Waals surface area contributed by atoms with Gasteiger partial charge in [-0.2, -0.15) is 18.3 Å². The van der Waals surface area contributed by atoms with Crippen LogP contribution in [0.3, 0.4) is 0 Å². The summed E-state index contributed by atoms with van der Waals surface area (Å²) in [5.41, 5.74) is 1.68. The van der Waals surface area contributed by atoms with Gasteiger partial charge >= 0.3 is 6.18 Å². The molecule has 0 aromatic carbocycles. The first-order valence-electron chi connectivity index (χ1n) is 9.27. The van der Waals surface area contributed by atoms with Gasteiger partial charge in [0, 0.05) is 23.7 Å². The van der Waals surface area contributed by atoms with Gasteiger partial charge in [-0.15, -0.1) is 0 Å². The van der Waals surface area contributed by atoms with E-state index in [1.165, 1.54) is 6.42 Å². The van der Waals surface area contributed by atoms with Crippen molar-refractivity contribution in [1.82, 2.24) is 14.7 Å². The molecule has 8 heteroatoms. The maximum absolute atomic E-state index is 13.1. The minimum Gasteiger partial charge on any atom is -0.377 e. The molecular weight excluding hydrogens is 347 g/mol. The van der Waals surface area contributed by atoms with E-state index in [0.717, 1.165) is 30.4 Å². The zero-order valence-corrected chi connectivity index (χ0v) is 15.3. The van der Waals surface area contributed by atoms with E-state index in [1.54, 1.807) is 13.8 Å². The second-order valence-electron chi connectivity index (χ2n) is 7.31. The van der Waals surface area contributed by atoms with Crippen LogP contribution in [0.4, 0.5) is 13.2 Å². The smallest absolute Gasteiger partial charge is 0.377 e. The predicted molar refractivity (Wildman–Crippen MR) is 89.6 cm³/mol. The van der Waals surface area contributed by atoms with Gasteiger partial charge in [-0.1, -0.05) is 19.3 Å². The molecule has 0 radical (unpaired) electrons. The molecule has 0 unspecified atom stereocenters. The van der Waals surface area contributed by atoms with Crippen molar-refractivity contribution in [3.05, 3.63) is 17.0 Å². The second kappa shape index (κ2) is 7.58. The van der Waals surface area contributed by atoms with Gasteiger partial charge in [0.15, 0.2) is 0 Å². The quantitative estimate of drug-likeness (QED) is 0.814. The Labute approximate surface area is 151 Å². The Balaban J connectivity index is 1.87. The highest BCUT2D eigenvalue weighted by Crippen LogP contribution is 2.34. The number of morpholine rings is 1. The van der Waals surface area contributed by atoms with Crippen LogP contribution in [0.15, 0.2) is 0 Å². The zero-order valence-electron chi connectivity index (χ0n) is 15.3. The van der Waals surface area contributed by atoms with Gasteiger partial charge in [0.05, 0.1) is 24.9 Å². The van der Waals surface area contributed by atoms with Crippen LogP contribution in [0.1, 0.15) is 55.1 Å². The van der Waals surface area contributed by atoms with Crippen LogP contribution in [0.2, 0.25) is 0 Å². The molecule has 1 atom stereocenters. The van der Waals surface area contributed by atoms with Crippen LogP contribution in [0.5, 0.6) is 0 Å². The van der Waals surface area contributed by atoms with Crippen molar-refractivity contribution in [1.29, 1.82) is 0 Å². The van der Waals surface area contributed by atoms with E-state index in [0.29, 0.717) is 36.7 Å². The first-order valence-corrected chi connectivity index (χ1v) is 9.27. The molecule has 1 aliphatic carbocycles. The molecule has 2 fully saturated rings. The summed E-state index contributed by atoms with van der Waals surface area (Å²) in [7, 11) is 0. The van der Waals surface area contributed by atoms with Crippen molar-refractivity contribution in [2.24, 2.45) is 5.92 Å². The predicted octanol–water partition coefficient (Wildman–Crippen LogP) is 3.54. The topological polar surface area (TPSA) is 47.4 Å². The Hall–Kier alpha value is -1.57. The molecule has 1 aromatic rings. The SMILES string of the molecule is Cc1nn(CC(F)(F)F)c(C)c1[C@H]1COCCN1C(=O)C1CCCCC1. The highest BCUT2D eigenvalue weighted by atomic mass is 19.4. The van der Waals surface area contributed by atoms with Crippen molar-refractivity contribution in [2.75, 3.05) is 19.8 Å². The standard InChI is InChI=1S/C18H26F3N3O2/c1-12-16(13(2)24(22-12)11-18(19,20)21)15-10-26-9-8-23(15)17(25)14-6-4-3-5-7-14/h14-15H,3-11H2,1-2H3/t15-/m1/s1. The number of rotatable bonds is 3. The maximum atomic E-state index is 13.1. The van der Waals surface area contributed by atoms with Crippen molar-refractivity contribution in [3.8, 4) is 0 Å². The lowest BCUT2D eigenvalue weighted by atomic mass is 9.87. The molecule has 0 spiro atoms. The number of carbonyl (C=O) groups is 1. The van der Waals surface area contributed by atoms with Gasteiger partial charge in [0.25, 0.3) is 0 Å². The largest absolute Gasteiger partial charge is 0.408 e. The summed E-state index contributed by atoms with van der Waals surface area (Å²) in [4.78, 5) is 14.9. The highest BCUT2D eigenvalue weighted by Gasteiger charge is 2.37. The molecule has 3 rings (SSSR count). The van der Waals surface area contributed by atoms with Gasteiger partial charge in [-0.05, 0) is 26.7 Å². The molecule has 26 heavy (non-hydrogen) atoms. The monoisotopic (exact) mass is 373 g/mol. The van der Waals surface area contributed by atoms with Gasteiger partial charge in [-0.3, -0.25) is 9.48 Å². The molecule has 2 aliphatic rings. The first-order chi connectivity index (χ1) is 12.3. The van der Waals surface area contributed by atoms with E-state index in [4.69, 9.17) is 4.74 Å². The van der Waals surface area contributed by atoms with E-state index in [-0.39, 0.29) is 17.9 Å². The molecule has 5 nitrogen and oxygen atoms in total. The molecular formula is C18H26F3N3O2. The number of carbonyl (C=O) groups excluding carboxylic acids is 1. The number of halogens is 3. The van der Waals surface area contributed by atoms with Gasteiger partial charge < -0.3 is 9.64 Å². The lowest BCUT2D eigenvalue weighted by Crippen LogP contribution is -2.46. The lowest BCUT2D eigenvalue weighted by Gasteiger charge is -2.38. The Kier molecular flexibility index (Phi) is 5.60. The van der Waals surface area contributed by atoms with Crippen LogP contribution in [0.25, 0.3) is 0 Å². The summed E-state index contributed by atoms with van der Waals surface area (Å²) < 4.78 is 45.0. The van der Waals surface area contributed by atoms with Crippen molar-refractivity contribution in [3.63, 3.8) is 0 Å². The fraction of sp³-hybridized carbons (Fsp3) is 0.778. The minimum atomic E-state index is -4.33. The van der Waals surface area contributed by atoms with Crippen molar-refractivity contribution < 1.29 is 22.7 Å². The third-order valence-electron chi connectivity index (χ3n) is 5.47. The minimum absolute atomic E-state index is 0.0233. The van der Waals surface area contributed by atoms with Crippen LogP contribution in [-0.4, -0.2) is 46.5 Å². The van der Waals surface area contributed by atoms with E-state index in [2.05, 4.69) is 5.10 Å². The molecule has 1 saturated heterocycles. The maximum Gasteiger partial charge on any atom is 0.408 e. The number of aromatic nitrogens is 2. The third kappa shape index (κ3) is 4.05. The van der Waals surface area contributed by atoms with E-state index < -0.39 is 12.7 Å². The molecule has 0 bridgehead atoms. The Morgan fingerprint density at radius 2 is 1.92 bits per heavy atom. The van der Waals surface area contributed by atoms with Crippen LogP contribution in [-0.2, 0) is 16.1 Å². The summed E-state index contributed by atoms with van der Waals surface area (Å²) >= 11 is 0. The fourth-order valence-corrected chi connectivity index (χ4v) is 4.21. The molecule has 1 aromatic heterocycles. The van der Waals surface area contributed by atoms with Gasteiger partial charge in [0.2, 0.25) is 5.91 Å². The molecule has 1 saturated carbocycles. The summed E-state index contributed by atoms with van der Waals surface area (Å²) in [5.74, 6) is 0.135. The second-order valence-corrected chi connectivity index (χ2v) is 7.31. The van der Waals surface area contributed by atoms with Crippen LogP contribution >= 0.6 is 0 Å². The summed E-state index contributed by atoms with van der Waals surface area (Å²) in [5, 5.41) is 4.08. The highest BCUT2D eigenvalue weighted by molar-refractivity contribution is 5.79. The van der Waals surface area contributed by atoms with Crippen molar-refractivity contribution >= 4 is 5.91 Å². The average molecular weight is 373 g/mol. The normalized spacial score (nSPS) is 22.7. The van der Waals surface area contributed by atoms with Gasteiger partial charge in [-0.25, -0.2) is 0 Å². The Morgan fingerprint density at radius 3 is 2.58 bits per heavy atom. The fourth-order valence-electron chi connectivity index (χ4n) is 4.21. The lowest BCUT2D eigenvalue weighted by molar-refractivity contribution is -0.146.